The van der Waals surface area contributed by atoms with Gasteiger partial charge in [0.15, 0.2) is 0 Å². The predicted molar refractivity (Wildman–Crippen MR) is 88.5 cm³/mol. The van der Waals surface area contributed by atoms with Gasteiger partial charge in [0.05, 0.1) is 0 Å². The van der Waals surface area contributed by atoms with Gasteiger partial charge in [-0.3, -0.25) is 4.79 Å². The first-order valence-electron chi connectivity index (χ1n) is 7.51. The molecule has 4 nitrogen and oxygen atoms in total. The van der Waals surface area contributed by atoms with Crippen molar-refractivity contribution in [3.8, 4) is 16.9 Å². The summed E-state index contributed by atoms with van der Waals surface area (Å²) >= 11 is 0. The second-order valence-corrected chi connectivity index (χ2v) is 5.23. The van der Waals surface area contributed by atoms with Crippen molar-refractivity contribution >= 4 is 16.9 Å². The lowest BCUT2D eigenvalue weighted by Gasteiger charge is -2.08. The van der Waals surface area contributed by atoms with Crippen molar-refractivity contribution in [3.05, 3.63) is 65.0 Å². The minimum Gasteiger partial charge on any atom is -0.426 e. The van der Waals surface area contributed by atoms with Crippen molar-refractivity contribution in [1.29, 1.82) is 0 Å². The SMILES string of the molecule is CCCC(=O)Oc1ccc2c(-c3ccccc3)cc(=O)oc2c1. The lowest BCUT2D eigenvalue weighted by atomic mass is 10.0. The molecule has 23 heavy (non-hydrogen) atoms. The van der Waals surface area contributed by atoms with E-state index in [0.29, 0.717) is 17.8 Å². The summed E-state index contributed by atoms with van der Waals surface area (Å²) < 4.78 is 10.5. The summed E-state index contributed by atoms with van der Waals surface area (Å²) in [5, 5.41) is 0.797. The van der Waals surface area contributed by atoms with E-state index in [1.54, 1.807) is 18.2 Å². The van der Waals surface area contributed by atoms with E-state index in [-0.39, 0.29) is 5.97 Å². The van der Waals surface area contributed by atoms with Crippen molar-refractivity contribution in [2.24, 2.45) is 0 Å². The molecule has 1 heterocycles. The number of hydrogen-bond acceptors (Lipinski definition) is 4. The van der Waals surface area contributed by atoms with Crippen molar-refractivity contribution in [1.82, 2.24) is 0 Å². The van der Waals surface area contributed by atoms with Crippen LogP contribution in [0.25, 0.3) is 22.1 Å². The summed E-state index contributed by atoms with van der Waals surface area (Å²) in [6, 6.07) is 16.2. The molecule has 0 saturated carbocycles. The minimum absolute atomic E-state index is 0.298. The van der Waals surface area contributed by atoms with E-state index < -0.39 is 5.63 Å². The molecule has 1 aromatic heterocycles. The molecular formula is C19H16O4. The Balaban J connectivity index is 2.07. The third kappa shape index (κ3) is 3.31. The van der Waals surface area contributed by atoms with Crippen LogP contribution in [0.5, 0.6) is 5.75 Å². The maximum Gasteiger partial charge on any atom is 0.336 e. The van der Waals surface area contributed by atoms with Crippen LogP contribution in [0.3, 0.4) is 0 Å². The van der Waals surface area contributed by atoms with E-state index in [1.807, 2.05) is 37.3 Å². The quantitative estimate of drug-likeness (QED) is 0.412. The second-order valence-electron chi connectivity index (χ2n) is 5.23. The number of hydrogen-bond donors (Lipinski definition) is 0. The molecule has 0 spiro atoms. The van der Waals surface area contributed by atoms with Gasteiger partial charge in [-0.2, -0.15) is 0 Å². The zero-order valence-electron chi connectivity index (χ0n) is 12.7. The van der Waals surface area contributed by atoms with Gasteiger partial charge in [-0.1, -0.05) is 37.3 Å². The summed E-state index contributed by atoms with van der Waals surface area (Å²) in [5.41, 5.74) is 1.69. The first-order chi connectivity index (χ1) is 11.2. The fourth-order valence-corrected chi connectivity index (χ4v) is 2.45. The highest BCUT2D eigenvalue weighted by molar-refractivity contribution is 5.94. The van der Waals surface area contributed by atoms with Gasteiger partial charge < -0.3 is 9.15 Å². The van der Waals surface area contributed by atoms with Gasteiger partial charge >= 0.3 is 11.6 Å². The van der Waals surface area contributed by atoms with Gasteiger partial charge in [0, 0.05) is 23.9 Å². The van der Waals surface area contributed by atoms with Gasteiger partial charge in [0.2, 0.25) is 0 Å². The normalized spacial score (nSPS) is 10.7. The largest absolute Gasteiger partial charge is 0.426 e. The second kappa shape index (κ2) is 6.48. The van der Waals surface area contributed by atoms with Crippen LogP contribution < -0.4 is 10.4 Å². The third-order valence-corrected chi connectivity index (χ3v) is 3.49. The van der Waals surface area contributed by atoms with Crippen LogP contribution in [0, 0.1) is 0 Å². The summed E-state index contributed by atoms with van der Waals surface area (Å²) in [4.78, 5) is 23.4. The van der Waals surface area contributed by atoms with Crippen LogP contribution >= 0.6 is 0 Å². The van der Waals surface area contributed by atoms with E-state index >= 15 is 0 Å². The zero-order valence-corrected chi connectivity index (χ0v) is 12.7. The van der Waals surface area contributed by atoms with E-state index in [9.17, 15) is 9.59 Å². The first-order valence-corrected chi connectivity index (χ1v) is 7.51. The van der Waals surface area contributed by atoms with Gasteiger partial charge in [0.25, 0.3) is 0 Å². The maximum absolute atomic E-state index is 11.8. The van der Waals surface area contributed by atoms with Crippen LogP contribution in [0.2, 0.25) is 0 Å². The maximum atomic E-state index is 11.8. The van der Waals surface area contributed by atoms with Gasteiger partial charge in [-0.15, -0.1) is 0 Å². The fourth-order valence-electron chi connectivity index (χ4n) is 2.45. The van der Waals surface area contributed by atoms with Crippen molar-refractivity contribution < 1.29 is 13.9 Å². The monoisotopic (exact) mass is 308 g/mol. The Morgan fingerprint density at radius 3 is 2.61 bits per heavy atom. The smallest absolute Gasteiger partial charge is 0.336 e. The average Bonchev–Trinajstić information content (AvgIpc) is 2.54. The molecule has 116 valence electrons. The summed E-state index contributed by atoms with van der Waals surface area (Å²) in [7, 11) is 0. The number of rotatable bonds is 4. The predicted octanol–water partition coefficient (Wildman–Crippen LogP) is 4.17. The van der Waals surface area contributed by atoms with Crippen molar-refractivity contribution in [3.63, 3.8) is 0 Å². The summed E-state index contributed by atoms with van der Waals surface area (Å²) in [6.07, 6.45) is 1.08. The van der Waals surface area contributed by atoms with Crippen LogP contribution in [-0.4, -0.2) is 5.97 Å². The Bertz CT molecular complexity index is 894. The first kappa shape index (κ1) is 15.0. The van der Waals surface area contributed by atoms with Crippen LogP contribution in [0.15, 0.2) is 63.8 Å². The molecule has 0 atom stereocenters. The molecule has 0 bridgehead atoms. The highest BCUT2D eigenvalue weighted by atomic mass is 16.5. The number of carbonyl (C=O) groups excluding carboxylic acids is 1. The van der Waals surface area contributed by atoms with E-state index in [1.165, 1.54) is 6.07 Å². The highest BCUT2D eigenvalue weighted by Crippen LogP contribution is 2.29. The molecule has 3 aromatic rings. The molecule has 2 aromatic carbocycles. The van der Waals surface area contributed by atoms with E-state index in [0.717, 1.165) is 22.9 Å². The highest BCUT2D eigenvalue weighted by Gasteiger charge is 2.10. The standard InChI is InChI=1S/C19H16O4/c1-2-6-18(20)22-14-9-10-15-16(13-7-4-3-5-8-13)12-19(21)23-17(15)11-14/h3-5,7-12H,2,6H2,1H3. The topological polar surface area (TPSA) is 56.5 Å². The average molecular weight is 308 g/mol. The summed E-state index contributed by atoms with van der Waals surface area (Å²) in [6.45, 7) is 1.91. The molecule has 0 aliphatic rings. The van der Waals surface area contributed by atoms with Crippen molar-refractivity contribution in [2.45, 2.75) is 19.8 Å². The fraction of sp³-hybridized carbons (Fsp3) is 0.158. The molecule has 3 rings (SSSR count). The summed E-state index contributed by atoms with van der Waals surface area (Å²) in [5.74, 6) is 0.0812. The molecule has 4 heteroatoms. The van der Waals surface area contributed by atoms with Gasteiger partial charge in [-0.25, -0.2) is 4.79 Å². The molecule has 0 aliphatic heterocycles. The zero-order chi connectivity index (χ0) is 16.2. The molecule has 0 radical (unpaired) electrons. The van der Waals surface area contributed by atoms with Gasteiger partial charge in [-0.05, 0) is 29.7 Å². The molecular weight excluding hydrogens is 292 g/mol. The minimum atomic E-state index is -0.437. The molecule has 0 N–H and O–H groups in total. The molecule has 0 fully saturated rings. The molecule has 0 amide bonds. The number of carbonyl (C=O) groups is 1. The van der Waals surface area contributed by atoms with Crippen molar-refractivity contribution in [2.75, 3.05) is 0 Å². The Morgan fingerprint density at radius 1 is 1.09 bits per heavy atom. The Hall–Kier alpha value is -2.88. The number of fused-ring (bicyclic) bond motifs is 1. The Kier molecular flexibility index (Phi) is 4.24. The third-order valence-electron chi connectivity index (χ3n) is 3.49. The van der Waals surface area contributed by atoms with E-state index in [4.69, 9.17) is 9.15 Å². The van der Waals surface area contributed by atoms with E-state index in [2.05, 4.69) is 0 Å². The number of esters is 1. The molecule has 0 unspecified atom stereocenters. The Labute approximate surface area is 133 Å². The lowest BCUT2D eigenvalue weighted by molar-refractivity contribution is -0.134. The van der Waals surface area contributed by atoms with Gasteiger partial charge in [0.1, 0.15) is 11.3 Å². The van der Waals surface area contributed by atoms with Crippen LogP contribution in [0.4, 0.5) is 0 Å². The lowest BCUT2D eigenvalue weighted by Crippen LogP contribution is -2.07. The Morgan fingerprint density at radius 2 is 1.87 bits per heavy atom. The number of ether oxygens (including phenoxy) is 1. The van der Waals surface area contributed by atoms with Crippen LogP contribution in [-0.2, 0) is 4.79 Å². The number of benzene rings is 2. The molecule has 0 aliphatic carbocycles. The molecule has 0 saturated heterocycles. The van der Waals surface area contributed by atoms with Crippen LogP contribution in [0.1, 0.15) is 19.8 Å².